The van der Waals surface area contributed by atoms with Crippen molar-refractivity contribution in [1.82, 2.24) is 4.90 Å². The van der Waals surface area contributed by atoms with Gasteiger partial charge in [0.1, 0.15) is 0 Å². The van der Waals surface area contributed by atoms with Crippen molar-refractivity contribution in [2.24, 2.45) is 0 Å². The van der Waals surface area contributed by atoms with Gasteiger partial charge < -0.3 is 10.0 Å². The van der Waals surface area contributed by atoms with E-state index in [0.29, 0.717) is 0 Å². The highest BCUT2D eigenvalue weighted by Gasteiger charge is 2.10. The third-order valence-corrected chi connectivity index (χ3v) is 3.03. The number of aliphatic hydroxyl groups is 1. The van der Waals surface area contributed by atoms with Gasteiger partial charge in [0.05, 0.1) is 6.10 Å². The van der Waals surface area contributed by atoms with E-state index >= 15 is 0 Å². The zero-order chi connectivity index (χ0) is 12.3. The molecule has 0 saturated carbocycles. The molecule has 0 bridgehead atoms. The third-order valence-electron chi connectivity index (χ3n) is 3.03. The van der Waals surface area contributed by atoms with Gasteiger partial charge in [-0.15, -0.1) is 0 Å². The minimum absolute atomic E-state index is 0.386. The molecule has 0 heterocycles. The highest BCUT2D eigenvalue weighted by atomic mass is 16.3. The lowest BCUT2D eigenvalue weighted by Crippen LogP contribution is -2.15. The Morgan fingerprint density at radius 2 is 1.76 bits per heavy atom. The molecule has 2 heteroatoms. The second-order valence-electron chi connectivity index (χ2n) is 4.68. The van der Waals surface area contributed by atoms with E-state index in [2.05, 4.69) is 23.1 Å². The van der Waals surface area contributed by atoms with Crippen molar-refractivity contribution in [1.29, 1.82) is 0 Å². The van der Waals surface area contributed by atoms with Crippen molar-refractivity contribution < 1.29 is 5.11 Å². The first-order valence-electron chi connectivity index (χ1n) is 5.99. The van der Waals surface area contributed by atoms with Crippen LogP contribution in [0.15, 0.2) is 42.5 Å². The van der Waals surface area contributed by atoms with Crippen LogP contribution in [0.25, 0.3) is 10.8 Å². The molecule has 0 radical (unpaired) electrons. The summed E-state index contributed by atoms with van der Waals surface area (Å²) in [5.41, 5.74) is 1.03. The molecule has 1 atom stereocenters. The summed E-state index contributed by atoms with van der Waals surface area (Å²) in [6.45, 7) is 0.893. The molecule has 0 aliphatic carbocycles. The van der Waals surface area contributed by atoms with Crippen molar-refractivity contribution >= 4 is 10.8 Å². The van der Waals surface area contributed by atoms with Crippen molar-refractivity contribution in [2.45, 2.75) is 12.5 Å². The number of nitrogens with zero attached hydrogens (tertiary/aromatic N) is 1. The van der Waals surface area contributed by atoms with E-state index in [1.807, 2.05) is 38.4 Å². The van der Waals surface area contributed by atoms with Gasteiger partial charge in [-0.3, -0.25) is 0 Å². The second kappa shape index (κ2) is 5.30. The first-order chi connectivity index (χ1) is 8.18. The molecule has 17 heavy (non-hydrogen) atoms. The van der Waals surface area contributed by atoms with Crippen molar-refractivity contribution in [3.63, 3.8) is 0 Å². The van der Waals surface area contributed by atoms with Crippen molar-refractivity contribution in [3.8, 4) is 0 Å². The molecule has 0 amide bonds. The van der Waals surface area contributed by atoms with Gasteiger partial charge in [-0.25, -0.2) is 0 Å². The van der Waals surface area contributed by atoms with Gasteiger partial charge in [-0.05, 0) is 36.9 Å². The van der Waals surface area contributed by atoms with Gasteiger partial charge in [-0.2, -0.15) is 0 Å². The largest absolute Gasteiger partial charge is 0.388 e. The van der Waals surface area contributed by atoms with Crippen LogP contribution in [0.2, 0.25) is 0 Å². The minimum Gasteiger partial charge on any atom is -0.388 e. The topological polar surface area (TPSA) is 23.5 Å². The summed E-state index contributed by atoms with van der Waals surface area (Å²) >= 11 is 0. The van der Waals surface area contributed by atoms with E-state index in [9.17, 15) is 5.11 Å². The zero-order valence-electron chi connectivity index (χ0n) is 10.4. The molecular formula is C15H19NO. The summed E-state index contributed by atoms with van der Waals surface area (Å²) in [7, 11) is 4.05. The smallest absolute Gasteiger partial charge is 0.0808 e. The Bertz CT molecular complexity index is 488. The molecular weight excluding hydrogens is 210 g/mol. The fourth-order valence-corrected chi connectivity index (χ4v) is 2.08. The Labute approximate surface area is 102 Å². The summed E-state index contributed by atoms with van der Waals surface area (Å²) in [5, 5.41) is 12.6. The molecule has 2 aromatic carbocycles. The number of hydrogen-bond donors (Lipinski definition) is 1. The van der Waals surface area contributed by atoms with Gasteiger partial charge in [0.25, 0.3) is 0 Å². The quantitative estimate of drug-likeness (QED) is 0.871. The van der Waals surface area contributed by atoms with E-state index < -0.39 is 0 Å². The molecule has 2 aromatic rings. The van der Waals surface area contributed by atoms with Crippen molar-refractivity contribution in [2.75, 3.05) is 20.6 Å². The number of rotatable bonds is 4. The fourth-order valence-electron chi connectivity index (χ4n) is 2.08. The third kappa shape index (κ3) is 2.84. The molecule has 0 aromatic heterocycles. The van der Waals surface area contributed by atoms with Gasteiger partial charge in [-0.1, -0.05) is 42.5 Å². The monoisotopic (exact) mass is 229 g/mol. The first-order valence-corrected chi connectivity index (χ1v) is 5.99. The van der Waals surface area contributed by atoms with Crippen LogP contribution in [0, 0.1) is 0 Å². The van der Waals surface area contributed by atoms with Crippen molar-refractivity contribution in [3.05, 3.63) is 48.0 Å². The van der Waals surface area contributed by atoms with Crippen LogP contribution in [0.5, 0.6) is 0 Å². The first kappa shape index (κ1) is 12.1. The van der Waals surface area contributed by atoms with Gasteiger partial charge in [0.2, 0.25) is 0 Å². The number of fused-ring (bicyclic) bond motifs is 1. The molecule has 1 unspecified atom stereocenters. The number of aliphatic hydroxyl groups excluding tert-OH is 1. The predicted molar refractivity (Wildman–Crippen MR) is 72.1 cm³/mol. The van der Waals surface area contributed by atoms with Gasteiger partial charge in [0, 0.05) is 6.54 Å². The highest BCUT2D eigenvalue weighted by Crippen LogP contribution is 2.26. The average Bonchev–Trinajstić information content (AvgIpc) is 2.35. The average molecular weight is 229 g/mol. The molecule has 2 nitrogen and oxygen atoms in total. The lowest BCUT2D eigenvalue weighted by molar-refractivity contribution is 0.155. The molecule has 0 saturated heterocycles. The van der Waals surface area contributed by atoms with Gasteiger partial charge >= 0.3 is 0 Å². The van der Waals surface area contributed by atoms with Crippen LogP contribution in [0.1, 0.15) is 18.1 Å². The Kier molecular flexibility index (Phi) is 3.77. The van der Waals surface area contributed by atoms with Crippen LogP contribution in [-0.2, 0) is 0 Å². The highest BCUT2D eigenvalue weighted by molar-refractivity contribution is 5.85. The number of hydrogen-bond acceptors (Lipinski definition) is 2. The standard InChI is InChI=1S/C15H19NO/c1-16(2)11-10-15(17)14-9-5-7-12-6-3-4-8-13(12)14/h3-9,15,17H,10-11H2,1-2H3. The Morgan fingerprint density at radius 1 is 1.06 bits per heavy atom. The van der Waals surface area contributed by atoms with E-state index in [0.717, 1.165) is 23.9 Å². The lowest BCUT2D eigenvalue weighted by atomic mass is 9.99. The Hall–Kier alpha value is -1.38. The molecule has 2 rings (SSSR count). The normalized spacial score (nSPS) is 13.2. The predicted octanol–water partition coefficient (Wildman–Crippen LogP) is 2.82. The summed E-state index contributed by atoms with van der Waals surface area (Å²) in [6.07, 6.45) is 0.379. The Balaban J connectivity index is 2.28. The molecule has 0 aliphatic heterocycles. The Morgan fingerprint density at radius 3 is 2.53 bits per heavy atom. The van der Waals surface area contributed by atoms with E-state index in [-0.39, 0.29) is 6.10 Å². The molecule has 0 aliphatic rings. The van der Waals surface area contributed by atoms with E-state index in [1.54, 1.807) is 0 Å². The van der Waals surface area contributed by atoms with E-state index in [4.69, 9.17) is 0 Å². The summed E-state index contributed by atoms with van der Waals surface area (Å²) < 4.78 is 0. The van der Waals surface area contributed by atoms with Crippen LogP contribution in [-0.4, -0.2) is 30.6 Å². The summed E-state index contributed by atoms with van der Waals surface area (Å²) in [5.74, 6) is 0. The molecule has 0 spiro atoms. The maximum atomic E-state index is 10.2. The lowest BCUT2D eigenvalue weighted by Gasteiger charge is -2.16. The molecule has 1 N–H and O–H groups in total. The molecule has 90 valence electrons. The minimum atomic E-state index is -0.386. The zero-order valence-corrected chi connectivity index (χ0v) is 10.4. The maximum Gasteiger partial charge on any atom is 0.0808 e. The molecule has 0 fully saturated rings. The maximum absolute atomic E-state index is 10.2. The van der Waals surface area contributed by atoms with Crippen LogP contribution in [0.3, 0.4) is 0 Å². The van der Waals surface area contributed by atoms with Crippen LogP contribution < -0.4 is 0 Å². The van der Waals surface area contributed by atoms with Crippen LogP contribution >= 0.6 is 0 Å². The summed E-state index contributed by atoms with van der Waals surface area (Å²) in [4.78, 5) is 2.09. The number of benzene rings is 2. The SMILES string of the molecule is CN(C)CCC(O)c1cccc2ccccc12. The van der Waals surface area contributed by atoms with Crippen LogP contribution in [0.4, 0.5) is 0 Å². The summed E-state index contributed by atoms with van der Waals surface area (Å²) in [6, 6.07) is 14.3. The van der Waals surface area contributed by atoms with Gasteiger partial charge in [0.15, 0.2) is 0 Å². The second-order valence-corrected chi connectivity index (χ2v) is 4.68. The fraction of sp³-hybridized carbons (Fsp3) is 0.333. The van der Waals surface area contributed by atoms with E-state index in [1.165, 1.54) is 5.39 Å².